The molecular formula is C22H21N3O4. The van der Waals surface area contributed by atoms with Crippen molar-refractivity contribution in [1.29, 1.82) is 5.26 Å². The molecule has 1 atom stereocenters. The molecule has 7 heteroatoms. The van der Waals surface area contributed by atoms with Crippen LogP contribution in [0.2, 0.25) is 0 Å². The minimum Gasteiger partial charge on any atom is -0.452 e. The van der Waals surface area contributed by atoms with Gasteiger partial charge in [0.2, 0.25) is 5.91 Å². The van der Waals surface area contributed by atoms with E-state index in [0.717, 1.165) is 24.8 Å². The van der Waals surface area contributed by atoms with E-state index in [1.54, 1.807) is 6.07 Å². The summed E-state index contributed by atoms with van der Waals surface area (Å²) in [6, 6.07) is 15.8. The van der Waals surface area contributed by atoms with E-state index in [2.05, 4.69) is 16.7 Å². The number of aryl methyl sites for hydroxylation is 1. The molecule has 29 heavy (non-hydrogen) atoms. The van der Waals surface area contributed by atoms with Gasteiger partial charge in [0.15, 0.2) is 6.61 Å². The third kappa shape index (κ3) is 5.42. The van der Waals surface area contributed by atoms with Crippen LogP contribution in [-0.2, 0) is 20.7 Å². The fraction of sp³-hybridized carbons (Fsp3) is 0.273. The van der Waals surface area contributed by atoms with Gasteiger partial charge < -0.3 is 15.4 Å². The van der Waals surface area contributed by atoms with Gasteiger partial charge in [0.25, 0.3) is 5.91 Å². The molecule has 0 radical (unpaired) electrons. The summed E-state index contributed by atoms with van der Waals surface area (Å²) in [5.41, 5.74) is 3.09. The smallest absolute Gasteiger partial charge is 0.338 e. The molecular weight excluding hydrogens is 370 g/mol. The Bertz CT molecular complexity index is 947. The highest BCUT2D eigenvalue weighted by molar-refractivity contribution is 5.94. The largest absolute Gasteiger partial charge is 0.452 e. The number of rotatable bonds is 6. The lowest BCUT2D eigenvalue weighted by atomic mass is 9.88. The molecule has 0 aliphatic heterocycles. The molecule has 0 saturated carbocycles. The Kier molecular flexibility index (Phi) is 6.59. The molecule has 1 aliphatic rings. The minimum atomic E-state index is -0.626. The van der Waals surface area contributed by atoms with Gasteiger partial charge >= 0.3 is 5.97 Å². The van der Waals surface area contributed by atoms with Crippen molar-refractivity contribution in [1.82, 2.24) is 5.32 Å². The van der Waals surface area contributed by atoms with E-state index in [9.17, 15) is 14.4 Å². The van der Waals surface area contributed by atoms with Gasteiger partial charge in [-0.3, -0.25) is 9.59 Å². The van der Waals surface area contributed by atoms with Gasteiger partial charge in [0.1, 0.15) is 6.42 Å². The van der Waals surface area contributed by atoms with E-state index in [4.69, 9.17) is 10.00 Å². The molecule has 1 aliphatic carbocycles. The van der Waals surface area contributed by atoms with Crippen molar-refractivity contribution in [3.8, 4) is 6.07 Å². The molecule has 7 nitrogen and oxygen atoms in total. The van der Waals surface area contributed by atoms with Gasteiger partial charge in [0.05, 0.1) is 17.7 Å². The number of esters is 1. The van der Waals surface area contributed by atoms with Gasteiger partial charge in [-0.25, -0.2) is 4.79 Å². The molecule has 0 saturated heterocycles. The zero-order valence-electron chi connectivity index (χ0n) is 15.8. The van der Waals surface area contributed by atoms with Crippen LogP contribution in [0.1, 0.15) is 46.8 Å². The number of carbonyl (C=O) groups is 3. The first-order valence-corrected chi connectivity index (χ1v) is 9.38. The maximum absolute atomic E-state index is 12.2. The number of amides is 2. The number of hydrogen-bond donors (Lipinski definition) is 2. The molecule has 0 fully saturated rings. The first kappa shape index (κ1) is 20.1. The predicted octanol–water partition coefficient (Wildman–Crippen LogP) is 2.89. The third-order valence-electron chi connectivity index (χ3n) is 4.68. The summed E-state index contributed by atoms with van der Waals surface area (Å²) in [6.07, 6.45) is 2.61. The van der Waals surface area contributed by atoms with Crippen molar-refractivity contribution in [2.24, 2.45) is 0 Å². The average molecular weight is 391 g/mol. The molecule has 2 aromatic rings. The van der Waals surface area contributed by atoms with Crippen molar-refractivity contribution in [2.45, 2.75) is 31.7 Å². The van der Waals surface area contributed by atoms with Crippen LogP contribution in [0.15, 0.2) is 48.5 Å². The maximum atomic E-state index is 12.2. The number of carbonyl (C=O) groups excluding carboxylic acids is 3. The monoisotopic (exact) mass is 391 g/mol. The van der Waals surface area contributed by atoms with E-state index in [0.29, 0.717) is 5.69 Å². The van der Waals surface area contributed by atoms with Crippen molar-refractivity contribution < 1.29 is 19.1 Å². The highest BCUT2D eigenvalue weighted by Crippen LogP contribution is 2.29. The molecule has 0 spiro atoms. The van der Waals surface area contributed by atoms with Crippen molar-refractivity contribution in [3.63, 3.8) is 0 Å². The highest BCUT2D eigenvalue weighted by atomic mass is 16.5. The van der Waals surface area contributed by atoms with Crippen molar-refractivity contribution in [2.75, 3.05) is 11.9 Å². The number of fused-ring (bicyclic) bond motifs is 1. The Morgan fingerprint density at radius 3 is 2.59 bits per heavy atom. The Balaban J connectivity index is 1.50. The van der Waals surface area contributed by atoms with Crippen LogP contribution in [-0.4, -0.2) is 24.4 Å². The van der Waals surface area contributed by atoms with E-state index >= 15 is 0 Å². The number of nitriles is 1. The molecule has 0 aromatic heterocycles. The van der Waals surface area contributed by atoms with E-state index in [1.807, 2.05) is 18.2 Å². The number of benzene rings is 2. The number of nitrogens with one attached hydrogen (secondary N) is 2. The molecule has 1 unspecified atom stereocenters. The third-order valence-corrected chi connectivity index (χ3v) is 4.68. The molecule has 0 bridgehead atoms. The van der Waals surface area contributed by atoms with Crippen LogP contribution in [0.4, 0.5) is 5.69 Å². The van der Waals surface area contributed by atoms with Gasteiger partial charge in [0, 0.05) is 5.69 Å². The van der Waals surface area contributed by atoms with Crippen LogP contribution in [0.25, 0.3) is 0 Å². The maximum Gasteiger partial charge on any atom is 0.338 e. The second-order valence-corrected chi connectivity index (χ2v) is 6.75. The summed E-state index contributed by atoms with van der Waals surface area (Å²) in [5.74, 6) is -1.40. The quantitative estimate of drug-likeness (QED) is 0.736. The van der Waals surface area contributed by atoms with Crippen LogP contribution in [0.5, 0.6) is 0 Å². The Morgan fingerprint density at radius 2 is 1.83 bits per heavy atom. The first-order valence-electron chi connectivity index (χ1n) is 9.38. The van der Waals surface area contributed by atoms with Crippen molar-refractivity contribution >= 4 is 23.5 Å². The fourth-order valence-corrected chi connectivity index (χ4v) is 3.32. The number of anilines is 1. The van der Waals surface area contributed by atoms with Crippen molar-refractivity contribution in [3.05, 3.63) is 65.2 Å². The summed E-state index contributed by atoms with van der Waals surface area (Å²) in [4.78, 5) is 35.8. The summed E-state index contributed by atoms with van der Waals surface area (Å²) in [5, 5.41) is 14.0. The predicted molar refractivity (Wildman–Crippen MR) is 106 cm³/mol. The molecule has 148 valence electrons. The lowest BCUT2D eigenvalue weighted by molar-refractivity contribution is -0.125. The summed E-state index contributed by atoms with van der Waals surface area (Å²) in [7, 11) is 0. The van der Waals surface area contributed by atoms with Gasteiger partial charge in [-0.05, 0) is 54.7 Å². The SMILES string of the molecule is N#CCC(=O)Nc1ccc(C(=O)OCC(=O)NC2CCCc3ccccc32)cc1. The van der Waals surface area contributed by atoms with E-state index < -0.39 is 11.9 Å². The molecule has 2 amide bonds. The number of hydrogen-bond acceptors (Lipinski definition) is 5. The zero-order chi connectivity index (χ0) is 20.6. The Hall–Kier alpha value is -3.66. The highest BCUT2D eigenvalue weighted by Gasteiger charge is 2.22. The number of ether oxygens (including phenoxy) is 1. The molecule has 2 aromatic carbocycles. The fourth-order valence-electron chi connectivity index (χ4n) is 3.32. The second kappa shape index (κ2) is 9.51. The Morgan fingerprint density at radius 1 is 1.07 bits per heavy atom. The van der Waals surface area contributed by atoms with Crippen LogP contribution < -0.4 is 10.6 Å². The summed E-state index contributed by atoms with van der Waals surface area (Å²) < 4.78 is 5.10. The van der Waals surface area contributed by atoms with Crippen LogP contribution >= 0.6 is 0 Å². The van der Waals surface area contributed by atoms with Gasteiger partial charge in [-0.1, -0.05) is 24.3 Å². The number of nitrogens with zero attached hydrogens (tertiary/aromatic N) is 1. The first-order chi connectivity index (χ1) is 14.1. The summed E-state index contributed by atoms with van der Waals surface area (Å²) in [6.45, 7) is -0.363. The van der Waals surface area contributed by atoms with Gasteiger partial charge in [-0.2, -0.15) is 5.26 Å². The lowest BCUT2D eigenvalue weighted by Gasteiger charge is -2.26. The average Bonchev–Trinajstić information content (AvgIpc) is 2.73. The lowest BCUT2D eigenvalue weighted by Crippen LogP contribution is -2.34. The normalized spacial score (nSPS) is 14.8. The van der Waals surface area contributed by atoms with E-state index in [1.165, 1.54) is 29.8 Å². The zero-order valence-corrected chi connectivity index (χ0v) is 15.8. The minimum absolute atomic E-state index is 0.0672. The second-order valence-electron chi connectivity index (χ2n) is 6.75. The van der Waals surface area contributed by atoms with Gasteiger partial charge in [-0.15, -0.1) is 0 Å². The Labute approximate surface area is 168 Å². The standard InChI is InChI=1S/C22H21N3O4/c23-13-12-20(26)24-17-10-8-16(9-11-17)22(28)29-14-21(27)25-19-7-3-5-15-4-1-2-6-18(15)19/h1-2,4,6,8-11,19H,3,5,7,12,14H2,(H,24,26)(H,25,27). The van der Waals surface area contributed by atoms with Crippen LogP contribution in [0.3, 0.4) is 0 Å². The van der Waals surface area contributed by atoms with Crippen LogP contribution in [0, 0.1) is 11.3 Å². The summed E-state index contributed by atoms with van der Waals surface area (Å²) >= 11 is 0. The van der Waals surface area contributed by atoms with E-state index in [-0.39, 0.29) is 30.5 Å². The molecule has 2 N–H and O–H groups in total. The molecule has 3 rings (SSSR count). The molecule has 0 heterocycles. The topological polar surface area (TPSA) is 108 Å².